The molecule has 2 heterocycles. The molecule has 1 N–H and O–H groups in total. The number of carboxylic acids is 1. The number of carboxylic acid groups (broad SMARTS) is 1. The molecule has 4 heteroatoms. The first-order valence-electron chi connectivity index (χ1n) is 10.3. The highest BCUT2D eigenvalue weighted by Gasteiger charge is 2.23. The summed E-state index contributed by atoms with van der Waals surface area (Å²) in [6.45, 7) is 4.23. The smallest absolute Gasteiger partial charge is 0.303 e. The van der Waals surface area contributed by atoms with Crippen LogP contribution in [0.1, 0.15) is 59.4 Å². The van der Waals surface area contributed by atoms with Gasteiger partial charge in [0.2, 0.25) is 0 Å². The average Bonchev–Trinajstić information content (AvgIpc) is 3.03. The second-order valence-electron chi connectivity index (χ2n) is 7.91. The van der Waals surface area contributed by atoms with Gasteiger partial charge in [0.15, 0.2) is 0 Å². The number of unbranched alkanes of at least 4 members (excludes halogenated alkanes) is 1. The molecule has 0 amide bonds. The summed E-state index contributed by atoms with van der Waals surface area (Å²) >= 11 is 1.88. The number of fused-ring (bicyclic) bond motifs is 3. The van der Waals surface area contributed by atoms with E-state index in [0.717, 1.165) is 25.0 Å². The number of hydrogen-bond donors (Lipinski definition) is 1. The highest BCUT2D eigenvalue weighted by Crippen LogP contribution is 2.43. The maximum Gasteiger partial charge on any atom is 0.303 e. The highest BCUT2D eigenvalue weighted by molar-refractivity contribution is 7.19. The minimum Gasteiger partial charge on any atom is -0.481 e. The van der Waals surface area contributed by atoms with Gasteiger partial charge in [0.05, 0.1) is 0 Å². The van der Waals surface area contributed by atoms with E-state index in [0.29, 0.717) is 6.42 Å². The quantitative estimate of drug-likeness (QED) is 0.503. The number of nitrogens with zero attached hydrogens (tertiary/aromatic N) is 1. The van der Waals surface area contributed by atoms with Crippen molar-refractivity contribution in [3.63, 3.8) is 0 Å². The molecule has 0 fully saturated rings. The Morgan fingerprint density at radius 2 is 1.86 bits per heavy atom. The van der Waals surface area contributed by atoms with Crippen molar-refractivity contribution in [1.29, 1.82) is 0 Å². The Balaban J connectivity index is 1.86. The van der Waals surface area contributed by atoms with Crippen LogP contribution < -0.4 is 0 Å². The molecule has 3 aromatic rings. The van der Waals surface area contributed by atoms with E-state index in [-0.39, 0.29) is 6.42 Å². The van der Waals surface area contributed by atoms with Crippen molar-refractivity contribution in [3.05, 3.63) is 51.5 Å². The average molecular weight is 394 g/mol. The lowest BCUT2D eigenvalue weighted by atomic mass is 9.88. The molecule has 0 aliphatic heterocycles. The summed E-state index contributed by atoms with van der Waals surface area (Å²) in [6, 6.07) is 8.84. The largest absolute Gasteiger partial charge is 0.481 e. The fourth-order valence-corrected chi connectivity index (χ4v) is 5.68. The topological polar surface area (TPSA) is 50.2 Å². The molecule has 2 aromatic heterocycles. The van der Waals surface area contributed by atoms with E-state index in [1.807, 2.05) is 11.3 Å². The molecule has 3 nitrogen and oxygen atoms in total. The molecular weight excluding hydrogens is 366 g/mol. The predicted octanol–water partition coefficient (Wildman–Crippen LogP) is 6.26. The van der Waals surface area contributed by atoms with Gasteiger partial charge < -0.3 is 5.11 Å². The van der Waals surface area contributed by atoms with E-state index in [4.69, 9.17) is 10.1 Å². The first kappa shape index (κ1) is 19.1. The lowest BCUT2D eigenvalue weighted by Gasteiger charge is -2.17. The molecule has 0 atom stereocenters. The molecule has 1 aliphatic carbocycles. The van der Waals surface area contributed by atoms with Crippen LogP contribution in [0.5, 0.6) is 0 Å². The molecule has 0 radical (unpaired) electrons. The van der Waals surface area contributed by atoms with Gasteiger partial charge in [-0.25, -0.2) is 4.98 Å². The number of rotatable bonds is 6. The number of pyridine rings is 1. The van der Waals surface area contributed by atoms with Crippen LogP contribution in [-0.4, -0.2) is 16.1 Å². The van der Waals surface area contributed by atoms with Crippen LogP contribution in [0, 0.1) is 13.8 Å². The molecule has 0 saturated carbocycles. The lowest BCUT2D eigenvalue weighted by molar-refractivity contribution is -0.137. The SMILES string of the molecule is Cc1ccc(-c2c(CCCCC(=O)O)c(C)nc3sc4c(c23)CCCC4)cc1. The van der Waals surface area contributed by atoms with Gasteiger partial charge in [0.25, 0.3) is 0 Å². The van der Waals surface area contributed by atoms with Crippen molar-refractivity contribution in [2.75, 3.05) is 0 Å². The number of hydrogen-bond acceptors (Lipinski definition) is 3. The Hall–Kier alpha value is -2.20. The van der Waals surface area contributed by atoms with Crippen molar-refractivity contribution >= 4 is 27.5 Å². The van der Waals surface area contributed by atoms with Gasteiger partial charge >= 0.3 is 5.97 Å². The maximum atomic E-state index is 10.9. The van der Waals surface area contributed by atoms with Crippen molar-refractivity contribution in [2.24, 2.45) is 0 Å². The number of aromatic nitrogens is 1. The van der Waals surface area contributed by atoms with Crippen molar-refractivity contribution < 1.29 is 9.90 Å². The third kappa shape index (κ3) is 3.70. The van der Waals surface area contributed by atoms with Crippen LogP contribution in [0.15, 0.2) is 24.3 Å². The molecule has 4 rings (SSSR count). The predicted molar refractivity (Wildman–Crippen MR) is 116 cm³/mol. The number of aliphatic carboxylic acids is 1. The van der Waals surface area contributed by atoms with Gasteiger partial charge in [-0.3, -0.25) is 4.79 Å². The van der Waals surface area contributed by atoms with Crippen LogP contribution in [0.3, 0.4) is 0 Å². The fourth-order valence-electron chi connectivity index (χ4n) is 4.36. The van der Waals surface area contributed by atoms with Crippen LogP contribution in [0.4, 0.5) is 0 Å². The molecular formula is C24H27NO2S. The van der Waals surface area contributed by atoms with Gasteiger partial charge in [-0.05, 0) is 81.0 Å². The summed E-state index contributed by atoms with van der Waals surface area (Å²) in [5, 5.41) is 10.3. The van der Waals surface area contributed by atoms with E-state index in [1.54, 1.807) is 0 Å². The van der Waals surface area contributed by atoms with Gasteiger partial charge in [-0.2, -0.15) is 0 Å². The van der Waals surface area contributed by atoms with Crippen molar-refractivity contribution in [1.82, 2.24) is 4.98 Å². The third-order valence-electron chi connectivity index (χ3n) is 5.82. The molecule has 0 saturated heterocycles. The molecule has 28 heavy (non-hydrogen) atoms. The molecule has 0 bridgehead atoms. The zero-order valence-electron chi connectivity index (χ0n) is 16.7. The summed E-state index contributed by atoms with van der Waals surface area (Å²) in [6.07, 6.45) is 7.58. The van der Waals surface area contributed by atoms with Crippen molar-refractivity contribution in [2.45, 2.75) is 65.2 Å². The normalized spacial score (nSPS) is 13.6. The molecule has 0 unspecified atom stereocenters. The first-order chi connectivity index (χ1) is 13.5. The zero-order valence-corrected chi connectivity index (χ0v) is 17.5. The summed E-state index contributed by atoms with van der Waals surface area (Å²) in [7, 11) is 0. The van der Waals surface area contributed by atoms with Gasteiger partial charge in [-0.15, -0.1) is 11.3 Å². The Labute approximate surface area is 170 Å². The van der Waals surface area contributed by atoms with E-state index in [9.17, 15) is 4.79 Å². The van der Waals surface area contributed by atoms with E-state index >= 15 is 0 Å². The second-order valence-corrected chi connectivity index (χ2v) is 8.99. The minimum absolute atomic E-state index is 0.239. The van der Waals surface area contributed by atoms with Crippen LogP contribution in [0.25, 0.3) is 21.3 Å². The summed E-state index contributed by atoms with van der Waals surface area (Å²) in [5.41, 5.74) is 7.78. The summed E-state index contributed by atoms with van der Waals surface area (Å²) < 4.78 is 0. The van der Waals surface area contributed by atoms with Crippen LogP contribution >= 0.6 is 11.3 Å². The molecule has 1 aliphatic rings. The standard InChI is InChI=1S/C24H27NO2S/c1-15-11-13-17(14-12-15)22-18(7-4-6-10-21(26)27)16(2)25-24-23(22)19-8-3-5-9-20(19)28-24/h11-14H,3-10H2,1-2H3,(H,26,27). The molecule has 146 valence electrons. The van der Waals surface area contributed by atoms with Crippen molar-refractivity contribution in [3.8, 4) is 11.1 Å². The Kier molecular flexibility index (Phi) is 5.49. The molecule has 0 spiro atoms. The number of aryl methyl sites for hydroxylation is 4. The lowest BCUT2D eigenvalue weighted by Crippen LogP contribution is -2.03. The fraction of sp³-hybridized carbons (Fsp3) is 0.417. The number of carbonyl (C=O) groups is 1. The Morgan fingerprint density at radius 1 is 1.11 bits per heavy atom. The van der Waals surface area contributed by atoms with E-state index in [2.05, 4.69) is 38.1 Å². The van der Waals surface area contributed by atoms with E-state index < -0.39 is 5.97 Å². The Morgan fingerprint density at radius 3 is 2.61 bits per heavy atom. The maximum absolute atomic E-state index is 10.9. The van der Waals surface area contributed by atoms with E-state index in [1.165, 1.54) is 62.2 Å². The monoisotopic (exact) mass is 393 g/mol. The van der Waals surface area contributed by atoms with Gasteiger partial charge in [-0.1, -0.05) is 29.8 Å². The van der Waals surface area contributed by atoms with Gasteiger partial charge in [0, 0.05) is 22.4 Å². The number of thiophene rings is 1. The Bertz CT molecular complexity index is 1020. The van der Waals surface area contributed by atoms with Gasteiger partial charge in [0.1, 0.15) is 4.83 Å². The minimum atomic E-state index is -0.712. The first-order valence-corrected chi connectivity index (χ1v) is 11.1. The second kappa shape index (κ2) is 8.04. The highest BCUT2D eigenvalue weighted by atomic mass is 32.1. The molecule has 1 aromatic carbocycles. The van der Waals surface area contributed by atoms with Crippen LogP contribution in [-0.2, 0) is 24.1 Å². The third-order valence-corrected chi connectivity index (χ3v) is 7.00. The van der Waals surface area contributed by atoms with Crippen LogP contribution in [0.2, 0.25) is 0 Å². The zero-order chi connectivity index (χ0) is 19.7. The summed E-state index contributed by atoms with van der Waals surface area (Å²) in [5.74, 6) is -0.712. The summed E-state index contributed by atoms with van der Waals surface area (Å²) in [4.78, 5) is 18.6. The number of benzene rings is 1.